The van der Waals surface area contributed by atoms with Gasteiger partial charge in [-0.3, -0.25) is 4.79 Å². The fourth-order valence-corrected chi connectivity index (χ4v) is 4.14. The molecule has 0 bridgehead atoms. The van der Waals surface area contributed by atoms with Crippen molar-refractivity contribution in [3.05, 3.63) is 23.3 Å². The molecule has 2 N–H and O–H groups in total. The second kappa shape index (κ2) is 17.7. The number of aliphatic carboxylic acids is 1. The van der Waals surface area contributed by atoms with Crippen molar-refractivity contribution in [3.63, 3.8) is 0 Å². The average Bonchev–Trinajstić information content (AvgIpc) is 2.79. The van der Waals surface area contributed by atoms with Crippen molar-refractivity contribution in [2.45, 2.75) is 98.8 Å². The molecule has 1 aliphatic heterocycles. The molecule has 2 rings (SSSR count). The summed E-state index contributed by atoms with van der Waals surface area (Å²) in [6.45, 7) is 15.5. The van der Waals surface area contributed by atoms with E-state index in [1.165, 1.54) is 73.9 Å². The molecule has 1 heterocycles. The number of carboxylic acid groups (broad SMARTS) is 1. The van der Waals surface area contributed by atoms with Crippen LogP contribution >= 0.6 is 0 Å². The molecule has 1 unspecified atom stereocenters. The number of hydrogen-bond donors (Lipinski definition) is 2. The molecule has 1 aromatic rings. The van der Waals surface area contributed by atoms with Crippen LogP contribution in [0.4, 0.5) is 11.4 Å². The van der Waals surface area contributed by atoms with E-state index in [0.717, 1.165) is 39.3 Å². The molecule has 33 heavy (non-hydrogen) atoms. The van der Waals surface area contributed by atoms with Crippen molar-refractivity contribution in [2.75, 3.05) is 43.1 Å². The van der Waals surface area contributed by atoms with Gasteiger partial charge in [0.2, 0.25) is 0 Å². The van der Waals surface area contributed by atoms with Crippen LogP contribution in [0.1, 0.15) is 96.1 Å². The number of benzene rings is 1. The molecular formula is C28H50N2O3. The number of nitrogens with zero attached hydrogens (tertiary/aromatic N) is 1. The third kappa shape index (κ3) is 12.9. The first kappa shape index (κ1) is 29.3. The molecule has 0 aromatic heterocycles. The van der Waals surface area contributed by atoms with Crippen LogP contribution in [0.25, 0.3) is 0 Å². The van der Waals surface area contributed by atoms with E-state index < -0.39 is 5.97 Å². The van der Waals surface area contributed by atoms with Crippen molar-refractivity contribution in [1.29, 1.82) is 0 Å². The summed E-state index contributed by atoms with van der Waals surface area (Å²) in [5, 5.41) is 11.9. The predicted molar refractivity (Wildman–Crippen MR) is 142 cm³/mol. The van der Waals surface area contributed by atoms with Gasteiger partial charge in [0, 0.05) is 37.4 Å². The highest BCUT2D eigenvalue weighted by atomic mass is 16.5. The number of morpholine rings is 1. The first-order chi connectivity index (χ1) is 15.9. The maximum absolute atomic E-state index is 9.97. The predicted octanol–water partition coefficient (Wildman–Crippen LogP) is 7.20. The molecule has 1 fully saturated rings. The van der Waals surface area contributed by atoms with Crippen molar-refractivity contribution in [2.24, 2.45) is 5.92 Å². The maximum atomic E-state index is 9.97. The van der Waals surface area contributed by atoms with Gasteiger partial charge in [-0.1, -0.05) is 72.1 Å². The van der Waals surface area contributed by atoms with Crippen LogP contribution in [0.2, 0.25) is 0 Å². The maximum Gasteiger partial charge on any atom is 0.303 e. The molecule has 0 spiro atoms. The number of nitrogens with one attached hydrogen (secondary N) is 1. The van der Waals surface area contributed by atoms with Crippen LogP contribution in [0.5, 0.6) is 0 Å². The van der Waals surface area contributed by atoms with E-state index in [1.54, 1.807) is 0 Å². The Kier molecular flexibility index (Phi) is 15.7. The fourth-order valence-electron chi connectivity index (χ4n) is 4.14. The monoisotopic (exact) mass is 462 g/mol. The Morgan fingerprint density at radius 2 is 1.55 bits per heavy atom. The number of unbranched alkanes of at least 4 members (excludes halogenated alkanes) is 7. The van der Waals surface area contributed by atoms with Crippen LogP contribution < -0.4 is 10.2 Å². The summed E-state index contributed by atoms with van der Waals surface area (Å²) in [5.41, 5.74) is 5.40. The second-order valence-corrected chi connectivity index (χ2v) is 9.57. The second-order valence-electron chi connectivity index (χ2n) is 9.57. The molecule has 5 heteroatoms. The minimum atomic E-state index is -0.695. The summed E-state index contributed by atoms with van der Waals surface area (Å²) in [5.74, 6) is -0.369. The number of aryl methyl sites for hydroxylation is 2. The Morgan fingerprint density at radius 3 is 2.03 bits per heavy atom. The van der Waals surface area contributed by atoms with Gasteiger partial charge in [-0.05, 0) is 49.4 Å². The summed E-state index contributed by atoms with van der Waals surface area (Å²) >= 11 is 0. The molecule has 0 saturated carbocycles. The van der Waals surface area contributed by atoms with Gasteiger partial charge in [0.25, 0.3) is 0 Å². The SMILES string of the molecule is CCC(C)CC(=O)O.CCCCCCCCCCNc1c(C)cc(N2CCOCC2)cc1C. The van der Waals surface area contributed by atoms with E-state index in [0.29, 0.717) is 12.3 Å². The Hall–Kier alpha value is -1.75. The van der Waals surface area contributed by atoms with Crippen LogP contribution in [-0.2, 0) is 9.53 Å². The Labute approximate surface area is 203 Å². The van der Waals surface area contributed by atoms with E-state index in [-0.39, 0.29) is 0 Å². The lowest BCUT2D eigenvalue weighted by Crippen LogP contribution is -2.36. The lowest BCUT2D eigenvalue weighted by Gasteiger charge is -2.30. The summed E-state index contributed by atoms with van der Waals surface area (Å²) < 4.78 is 5.46. The average molecular weight is 463 g/mol. The third-order valence-corrected chi connectivity index (χ3v) is 6.45. The zero-order chi connectivity index (χ0) is 24.5. The van der Waals surface area contributed by atoms with Gasteiger partial charge in [0.15, 0.2) is 0 Å². The summed E-state index contributed by atoms with van der Waals surface area (Å²) in [7, 11) is 0. The van der Waals surface area contributed by atoms with Gasteiger partial charge in [-0.2, -0.15) is 0 Å². The van der Waals surface area contributed by atoms with Gasteiger partial charge in [-0.15, -0.1) is 0 Å². The number of ether oxygens (including phenoxy) is 1. The van der Waals surface area contributed by atoms with E-state index in [2.05, 4.69) is 43.1 Å². The molecule has 1 atom stereocenters. The van der Waals surface area contributed by atoms with Gasteiger partial charge >= 0.3 is 5.97 Å². The van der Waals surface area contributed by atoms with Crippen molar-refractivity contribution in [3.8, 4) is 0 Å². The van der Waals surface area contributed by atoms with Crippen LogP contribution in [0, 0.1) is 19.8 Å². The molecule has 1 aromatic carbocycles. The van der Waals surface area contributed by atoms with Crippen molar-refractivity contribution in [1.82, 2.24) is 0 Å². The number of carbonyl (C=O) groups is 1. The highest BCUT2D eigenvalue weighted by molar-refractivity contribution is 5.67. The third-order valence-electron chi connectivity index (χ3n) is 6.45. The summed E-state index contributed by atoms with van der Waals surface area (Å²) in [6, 6.07) is 4.66. The van der Waals surface area contributed by atoms with Crippen LogP contribution in [0.15, 0.2) is 12.1 Å². The Balaban J connectivity index is 0.000000582. The number of anilines is 2. The van der Waals surface area contributed by atoms with Gasteiger partial charge < -0.3 is 20.1 Å². The summed E-state index contributed by atoms with van der Waals surface area (Å²) in [4.78, 5) is 12.4. The van der Waals surface area contributed by atoms with Crippen LogP contribution in [0.3, 0.4) is 0 Å². The highest BCUT2D eigenvalue weighted by Crippen LogP contribution is 2.27. The Bertz CT molecular complexity index is 634. The smallest absolute Gasteiger partial charge is 0.303 e. The van der Waals surface area contributed by atoms with E-state index in [1.807, 2.05) is 13.8 Å². The lowest BCUT2D eigenvalue weighted by atomic mass is 10.1. The van der Waals surface area contributed by atoms with Gasteiger partial charge in [-0.25, -0.2) is 0 Å². The largest absolute Gasteiger partial charge is 0.481 e. The van der Waals surface area contributed by atoms with E-state index in [9.17, 15) is 4.79 Å². The zero-order valence-electron chi connectivity index (χ0n) is 22.0. The van der Waals surface area contributed by atoms with Gasteiger partial charge in [0.05, 0.1) is 13.2 Å². The fraction of sp³-hybridized carbons (Fsp3) is 0.750. The number of hydrogen-bond acceptors (Lipinski definition) is 4. The molecular weight excluding hydrogens is 412 g/mol. The molecule has 0 aliphatic carbocycles. The van der Waals surface area contributed by atoms with Crippen molar-refractivity contribution < 1.29 is 14.6 Å². The Morgan fingerprint density at radius 1 is 1.00 bits per heavy atom. The molecule has 1 saturated heterocycles. The van der Waals surface area contributed by atoms with E-state index in [4.69, 9.17) is 9.84 Å². The first-order valence-electron chi connectivity index (χ1n) is 13.3. The molecule has 0 amide bonds. The number of carboxylic acids is 1. The number of rotatable bonds is 14. The normalized spacial score (nSPS) is 14.4. The van der Waals surface area contributed by atoms with Crippen molar-refractivity contribution >= 4 is 17.3 Å². The quantitative estimate of drug-likeness (QED) is 0.286. The minimum Gasteiger partial charge on any atom is -0.481 e. The zero-order valence-corrected chi connectivity index (χ0v) is 22.0. The first-order valence-corrected chi connectivity index (χ1v) is 13.3. The topological polar surface area (TPSA) is 61.8 Å². The standard InChI is InChI=1S/C22H38N2O.C6H12O2/c1-4-5-6-7-8-9-10-11-12-23-22-19(2)17-21(18-20(22)3)24-13-15-25-16-14-24;1-3-5(2)4-6(7)8/h17-18,23H,4-16H2,1-3H3;5H,3-4H2,1-2H3,(H,7,8). The molecule has 5 nitrogen and oxygen atoms in total. The lowest BCUT2D eigenvalue weighted by molar-refractivity contribution is -0.137. The molecule has 1 aliphatic rings. The molecule has 0 radical (unpaired) electrons. The van der Waals surface area contributed by atoms with Gasteiger partial charge in [0.1, 0.15) is 0 Å². The van der Waals surface area contributed by atoms with Crippen LogP contribution in [-0.4, -0.2) is 43.9 Å². The highest BCUT2D eigenvalue weighted by Gasteiger charge is 2.13. The molecule has 190 valence electrons. The van der Waals surface area contributed by atoms with E-state index >= 15 is 0 Å². The minimum absolute atomic E-state index is 0.302. The summed E-state index contributed by atoms with van der Waals surface area (Å²) in [6.07, 6.45) is 12.3.